The molecule has 2 aliphatic carbocycles. The molecule has 2 atom stereocenters. The molecule has 0 amide bonds. The van der Waals surface area contributed by atoms with E-state index in [0.717, 1.165) is 58.5 Å². The summed E-state index contributed by atoms with van der Waals surface area (Å²) in [6.45, 7) is 4.13. The van der Waals surface area contributed by atoms with Crippen LogP contribution in [0.15, 0.2) is 17.8 Å². The van der Waals surface area contributed by atoms with Crippen LogP contribution in [0.3, 0.4) is 0 Å². The minimum atomic E-state index is -3.62. The Hall–Kier alpha value is 1.24. The molecule has 6 nitrogen and oxygen atoms in total. The summed E-state index contributed by atoms with van der Waals surface area (Å²) in [5.41, 5.74) is -1.18. The molecule has 0 saturated heterocycles. The molecule has 0 N–H and O–H groups in total. The van der Waals surface area contributed by atoms with Crippen molar-refractivity contribution in [3.63, 3.8) is 0 Å². The van der Waals surface area contributed by atoms with Crippen LogP contribution in [0.4, 0.5) is 0 Å². The van der Waals surface area contributed by atoms with Crippen molar-refractivity contribution < 1.29 is 27.2 Å². The predicted octanol–water partition coefficient (Wildman–Crippen LogP) is 7.42. The van der Waals surface area contributed by atoms with Crippen LogP contribution in [0.5, 0.6) is 0 Å². The first-order chi connectivity index (χ1) is 13.3. The second-order valence-electron chi connectivity index (χ2n) is 7.74. The first kappa shape index (κ1) is 22.4. The number of allylic oxidation sites excluding steroid dienone is 2. The molecule has 2 unspecified atom stereocenters. The zero-order valence-corrected chi connectivity index (χ0v) is 22.3. The zero-order valence-electron chi connectivity index (χ0n) is 16.2. The maximum atomic E-state index is 14.0. The smallest absolute Gasteiger partial charge is 0.305 e. The molecule has 2 fully saturated rings. The average molecular weight is 654 g/mol. The number of hydrogen-bond acceptors (Lipinski definition) is 6. The molecule has 10 heteroatoms. The van der Waals surface area contributed by atoms with Crippen LogP contribution in [0, 0.1) is 0 Å². The summed E-state index contributed by atoms with van der Waals surface area (Å²) in [7, 11) is -7.24. The van der Waals surface area contributed by atoms with Crippen LogP contribution in [0.2, 0.25) is 0 Å². The van der Waals surface area contributed by atoms with Crippen LogP contribution in [0.1, 0.15) is 65.2 Å². The molecule has 0 bridgehead atoms. The molecule has 28 heavy (non-hydrogen) atoms. The Bertz CT molecular complexity index is 756. The van der Waals surface area contributed by atoms with Crippen molar-refractivity contribution in [2.45, 2.75) is 76.4 Å². The summed E-state index contributed by atoms with van der Waals surface area (Å²) in [6.07, 6.45) is 7.30. The molecule has 2 saturated carbocycles. The van der Waals surface area contributed by atoms with Crippen molar-refractivity contribution in [2.75, 3.05) is 13.2 Å². The number of rotatable bonds is 5. The van der Waals surface area contributed by atoms with Gasteiger partial charge in [-0.3, -0.25) is 18.2 Å². The van der Waals surface area contributed by atoms with E-state index in [4.69, 9.17) is 18.1 Å². The SMILES string of the molecule is CCOP1(=O)OC2(CCCC2)C(I)=C1C1=C(I)C2(CCCC2)OP1(=O)OCC. The van der Waals surface area contributed by atoms with Crippen LogP contribution in [-0.4, -0.2) is 24.4 Å². The lowest BCUT2D eigenvalue weighted by atomic mass is 10.00. The number of halogens is 2. The fraction of sp³-hybridized carbons (Fsp3) is 0.778. The summed E-state index contributed by atoms with van der Waals surface area (Å²) < 4.78 is 53.6. The van der Waals surface area contributed by atoms with Gasteiger partial charge in [0.1, 0.15) is 11.2 Å². The highest BCUT2D eigenvalue weighted by Gasteiger charge is 2.63. The molecule has 4 rings (SSSR count). The molecule has 2 heterocycles. The lowest BCUT2D eigenvalue weighted by Gasteiger charge is -2.25. The Morgan fingerprint density at radius 3 is 1.39 bits per heavy atom. The lowest BCUT2D eigenvalue weighted by Crippen LogP contribution is -2.24. The molecular weight excluding hydrogens is 628 g/mol. The second-order valence-corrected chi connectivity index (χ2v) is 13.7. The third-order valence-electron chi connectivity index (χ3n) is 6.00. The van der Waals surface area contributed by atoms with Gasteiger partial charge in [0.15, 0.2) is 0 Å². The van der Waals surface area contributed by atoms with Crippen molar-refractivity contribution in [3.05, 3.63) is 17.8 Å². The minimum absolute atomic E-state index is 0.259. The van der Waals surface area contributed by atoms with Crippen molar-refractivity contribution >= 4 is 60.4 Å². The minimum Gasteiger partial charge on any atom is -0.305 e. The molecule has 0 aromatic heterocycles. The maximum absolute atomic E-state index is 14.0. The molecule has 4 aliphatic rings. The van der Waals surface area contributed by atoms with Gasteiger partial charge in [0.25, 0.3) is 0 Å². The summed E-state index contributed by atoms with van der Waals surface area (Å²) in [5.74, 6) is 0. The van der Waals surface area contributed by atoms with Gasteiger partial charge >= 0.3 is 15.2 Å². The zero-order chi connectivity index (χ0) is 20.2. The first-order valence-corrected chi connectivity index (χ1v) is 15.2. The fourth-order valence-electron chi connectivity index (χ4n) is 4.81. The van der Waals surface area contributed by atoms with E-state index in [1.54, 1.807) is 13.8 Å². The topological polar surface area (TPSA) is 71.1 Å². The van der Waals surface area contributed by atoms with E-state index < -0.39 is 26.4 Å². The average Bonchev–Trinajstić information content (AvgIpc) is 3.36. The lowest BCUT2D eigenvalue weighted by molar-refractivity contribution is 0.107. The van der Waals surface area contributed by atoms with Crippen LogP contribution in [-0.2, 0) is 27.2 Å². The van der Waals surface area contributed by atoms with Gasteiger partial charge in [0.05, 0.1) is 23.8 Å². The van der Waals surface area contributed by atoms with Gasteiger partial charge in [0.2, 0.25) is 0 Å². The van der Waals surface area contributed by atoms with Crippen molar-refractivity contribution in [3.8, 4) is 0 Å². The van der Waals surface area contributed by atoms with Crippen molar-refractivity contribution in [2.24, 2.45) is 0 Å². The van der Waals surface area contributed by atoms with E-state index in [1.165, 1.54) is 0 Å². The van der Waals surface area contributed by atoms with E-state index in [0.29, 0.717) is 10.6 Å². The Balaban J connectivity index is 1.94. The molecule has 2 spiro atoms. The first-order valence-electron chi connectivity index (χ1n) is 9.98. The van der Waals surface area contributed by atoms with Crippen LogP contribution in [0.25, 0.3) is 0 Å². The molecule has 158 valence electrons. The van der Waals surface area contributed by atoms with E-state index in [-0.39, 0.29) is 13.2 Å². The fourth-order valence-corrected chi connectivity index (χ4v) is 14.3. The van der Waals surface area contributed by atoms with Gasteiger partial charge in [-0.2, -0.15) is 0 Å². The van der Waals surface area contributed by atoms with E-state index in [2.05, 4.69) is 45.2 Å². The second kappa shape index (κ2) is 7.98. The van der Waals surface area contributed by atoms with Crippen molar-refractivity contribution in [1.29, 1.82) is 0 Å². The van der Waals surface area contributed by atoms with Gasteiger partial charge in [-0.05, 0) is 84.7 Å². The highest BCUT2D eigenvalue weighted by Crippen LogP contribution is 2.81. The standard InChI is InChI=1S/C18H26I2O6P2/c1-3-23-27(21)13(15(19)17(25-27)9-5-6-10-17)14-16(20)18(11-7-8-12-18)26-28(14,22)24-4-2/h3-12H2,1-2H3. The Labute approximate surface area is 193 Å². The molecular formula is C18H26I2O6P2. The molecule has 2 aliphatic heterocycles. The van der Waals surface area contributed by atoms with Gasteiger partial charge in [-0.1, -0.05) is 25.7 Å². The number of hydrogen-bond donors (Lipinski definition) is 0. The molecule has 0 aromatic rings. The quantitative estimate of drug-likeness (QED) is 0.227. The van der Waals surface area contributed by atoms with E-state index >= 15 is 0 Å². The normalized spacial score (nSPS) is 36.6. The van der Waals surface area contributed by atoms with Gasteiger partial charge in [-0.15, -0.1) is 0 Å². The summed E-state index contributed by atoms with van der Waals surface area (Å²) in [4.78, 5) is 0. The third-order valence-corrected chi connectivity index (χ3v) is 14.4. The van der Waals surface area contributed by atoms with Gasteiger partial charge in [-0.25, -0.2) is 0 Å². The molecule has 0 radical (unpaired) electrons. The molecule has 0 aromatic carbocycles. The van der Waals surface area contributed by atoms with Crippen LogP contribution >= 0.6 is 60.4 Å². The van der Waals surface area contributed by atoms with Crippen molar-refractivity contribution in [1.82, 2.24) is 0 Å². The van der Waals surface area contributed by atoms with E-state index in [1.807, 2.05) is 0 Å². The Morgan fingerprint density at radius 2 is 1.11 bits per heavy atom. The predicted molar refractivity (Wildman–Crippen MR) is 125 cm³/mol. The highest BCUT2D eigenvalue weighted by atomic mass is 127. The summed E-state index contributed by atoms with van der Waals surface area (Å²) in [5, 5.41) is 0.920. The highest BCUT2D eigenvalue weighted by molar-refractivity contribution is 14.1. The van der Waals surface area contributed by atoms with E-state index in [9.17, 15) is 9.13 Å². The van der Waals surface area contributed by atoms with Gasteiger partial charge in [0, 0.05) is 7.16 Å². The largest absolute Gasteiger partial charge is 0.364 e. The summed E-state index contributed by atoms with van der Waals surface area (Å²) in [6, 6.07) is 0. The Kier molecular flexibility index (Phi) is 6.39. The third kappa shape index (κ3) is 3.31. The maximum Gasteiger partial charge on any atom is 0.364 e. The Morgan fingerprint density at radius 1 is 0.786 bits per heavy atom. The summed E-state index contributed by atoms with van der Waals surface area (Å²) >= 11 is 4.49. The van der Waals surface area contributed by atoms with Gasteiger partial charge < -0.3 is 9.05 Å². The monoisotopic (exact) mass is 654 g/mol. The van der Waals surface area contributed by atoms with Crippen LogP contribution < -0.4 is 0 Å².